The van der Waals surface area contributed by atoms with E-state index in [0.717, 1.165) is 55.8 Å². The second-order valence-electron chi connectivity index (χ2n) is 7.91. The van der Waals surface area contributed by atoms with Gasteiger partial charge in [-0.2, -0.15) is 0 Å². The Labute approximate surface area is 165 Å². The molecular weight excluding hydrogens is 353 g/mol. The Bertz CT molecular complexity index is 891. The van der Waals surface area contributed by atoms with Crippen LogP contribution in [0.4, 0.5) is 4.39 Å². The molecular formula is C24H26FNO2. The highest BCUT2D eigenvalue weighted by Gasteiger charge is 2.35. The second-order valence-corrected chi connectivity index (χ2v) is 7.91. The summed E-state index contributed by atoms with van der Waals surface area (Å²) >= 11 is 0. The van der Waals surface area contributed by atoms with Crippen LogP contribution < -0.4 is 0 Å². The summed E-state index contributed by atoms with van der Waals surface area (Å²) in [5, 5.41) is 10.2. The molecule has 4 heteroatoms. The SMILES string of the molecule is OCC1(Cc2ccc(F)cc2)CCCN(Cc2ccccc2-c2ccco2)C1. The van der Waals surface area contributed by atoms with Crippen LogP contribution in [0.5, 0.6) is 0 Å². The van der Waals surface area contributed by atoms with Crippen LogP contribution >= 0.6 is 0 Å². The van der Waals surface area contributed by atoms with Gasteiger partial charge in [0.15, 0.2) is 0 Å². The van der Waals surface area contributed by atoms with Gasteiger partial charge in [-0.3, -0.25) is 4.90 Å². The third-order valence-electron chi connectivity index (χ3n) is 5.77. The van der Waals surface area contributed by atoms with E-state index in [1.165, 1.54) is 17.7 Å². The van der Waals surface area contributed by atoms with Crippen LogP contribution in [0.3, 0.4) is 0 Å². The van der Waals surface area contributed by atoms with Crippen LogP contribution in [0.25, 0.3) is 11.3 Å². The summed E-state index contributed by atoms with van der Waals surface area (Å²) in [5.41, 5.74) is 3.24. The standard InChI is InChI=1S/C24H26FNO2/c25-21-10-8-19(9-11-21)15-24(18-27)12-4-13-26(17-24)16-20-5-1-2-6-22(20)23-7-3-14-28-23/h1-3,5-11,14,27H,4,12-13,15-18H2. The van der Waals surface area contributed by atoms with E-state index in [1.807, 2.05) is 30.3 Å². The van der Waals surface area contributed by atoms with Crippen molar-refractivity contribution in [2.24, 2.45) is 5.41 Å². The maximum absolute atomic E-state index is 13.2. The van der Waals surface area contributed by atoms with E-state index in [2.05, 4.69) is 23.1 Å². The van der Waals surface area contributed by atoms with Gasteiger partial charge in [0.25, 0.3) is 0 Å². The molecule has 1 saturated heterocycles. The van der Waals surface area contributed by atoms with Gasteiger partial charge in [0.2, 0.25) is 0 Å². The van der Waals surface area contributed by atoms with Crippen molar-refractivity contribution in [2.45, 2.75) is 25.8 Å². The zero-order chi connectivity index (χ0) is 19.4. The first-order valence-electron chi connectivity index (χ1n) is 9.87. The van der Waals surface area contributed by atoms with E-state index in [-0.39, 0.29) is 17.8 Å². The van der Waals surface area contributed by atoms with Gasteiger partial charge < -0.3 is 9.52 Å². The van der Waals surface area contributed by atoms with Gasteiger partial charge in [-0.05, 0) is 61.2 Å². The Hall–Kier alpha value is -2.43. The van der Waals surface area contributed by atoms with E-state index in [4.69, 9.17) is 4.42 Å². The topological polar surface area (TPSA) is 36.6 Å². The highest BCUT2D eigenvalue weighted by molar-refractivity contribution is 5.61. The Morgan fingerprint density at radius 2 is 1.86 bits per heavy atom. The van der Waals surface area contributed by atoms with Crippen LogP contribution in [0, 0.1) is 11.2 Å². The monoisotopic (exact) mass is 379 g/mol. The summed E-state index contributed by atoms with van der Waals surface area (Å²) in [5.74, 6) is 0.661. The number of aliphatic hydroxyl groups excluding tert-OH is 1. The van der Waals surface area contributed by atoms with Crippen molar-refractivity contribution in [2.75, 3.05) is 19.7 Å². The zero-order valence-electron chi connectivity index (χ0n) is 16.0. The number of rotatable bonds is 6. The van der Waals surface area contributed by atoms with E-state index < -0.39 is 0 Å². The molecule has 0 bridgehead atoms. The van der Waals surface area contributed by atoms with Gasteiger partial charge in [-0.25, -0.2) is 4.39 Å². The van der Waals surface area contributed by atoms with E-state index in [0.29, 0.717) is 0 Å². The van der Waals surface area contributed by atoms with Gasteiger partial charge in [0, 0.05) is 24.1 Å². The molecule has 1 fully saturated rings. The van der Waals surface area contributed by atoms with Crippen molar-refractivity contribution in [3.05, 3.63) is 83.9 Å². The first-order chi connectivity index (χ1) is 13.7. The number of furan rings is 1. The highest BCUT2D eigenvalue weighted by Crippen LogP contribution is 2.35. The van der Waals surface area contributed by atoms with Crippen molar-refractivity contribution < 1.29 is 13.9 Å². The highest BCUT2D eigenvalue weighted by atomic mass is 19.1. The fraction of sp³-hybridized carbons (Fsp3) is 0.333. The summed E-state index contributed by atoms with van der Waals surface area (Å²) in [6.07, 6.45) is 4.49. The number of halogens is 1. The number of piperidine rings is 1. The third kappa shape index (κ3) is 4.18. The summed E-state index contributed by atoms with van der Waals surface area (Å²) < 4.78 is 18.8. The third-order valence-corrected chi connectivity index (χ3v) is 5.77. The van der Waals surface area contributed by atoms with Gasteiger partial charge in [0.05, 0.1) is 12.9 Å². The predicted molar refractivity (Wildman–Crippen MR) is 108 cm³/mol. The summed E-state index contributed by atoms with van der Waals surface area (Å²) in [7, 11) is 0. The number of aliphatic hydroxyl groups is 1. The molecule has 28 heavy (non-hydrogen) atoms. The lowest BCUT2D eigenvalue weighted by Crippen LogP contribution is -2.46. The maximum atomic E-state index is 13.2. The van der Waals surface area contributed by atoms with Crippen molar-refractivity contribution in [1.29, 1.82) is 0 Å². The van der Waals surface area contributed by atoms with Crippen molar-refractivity contribution >= 4 is 0 Å². The van der Waals surface area contributed by atoms with E-state index >= 15 is 0 Å². The van der Waals surface area contributed by atoms with Gasteiger partial charge >= 0.3 is 0 Å². The largest absolute Gasteiger partial charge is 0.464 e. The molecule has 0 spiro atoms. The molecule has 146 valence electrons. The van der Waals surface area contributed by atoms with Crippen LogP contribution in [0.15, 0.2) is 71.3 Å². The Balaban J connectivity index is 1.51. The van der Waals surface area contributed by atoms with Crippen molar-refractivity contribution in [3.63, 3.8) is 0 Å². The molecule has 0 amide bonds. The molecule has 1 aliphatic heterocycles. The van der Waals surface area contributed by atoms with E-state index in [9.17, 15) is 9.50 Å². The molecule has 1 atom stereocenters. The fourth-order valence-electron chi connectivity index (χ4n) is 4.38. The summed E-state index contributed by atoms with van der Waals surface area (Å²) in [6.45, 7) is 2.80. The maximum Gasteiger partial charge on any atom is 0.134 e. The minimum absolute atomic E-state index is 0.140. The van der Waals surface area contributed by atoms with Crippen LogP contribution in [0.1, 0.15) is 24.0 Å². The summed E-state index contributed by atoms with van der Waals surface area (Å²) in [4.78, 5) is 2.42. The zero-order valence-corrected chi connectivity index (χ0v) is 16.0. The van der Waals surface area contributed by atoms with Gasteiger partial charge in [-0.1, -0.05) is 36.4 Å². The van der Waals surface area contributed by atoms with Crippen LogP contribution in [0.2, 0.25) is 0 Å². The Kier molecular flexibility index (Phi) is 5.60. The van der Waals surface area contributed by atoms with Crippen molar-refractivity contribution in [1.82, 2.24) is 4.90 Å². The number of hydrogen-bond donors (Lipinski definition) is 1. The average Bonchev–Trinajstić information content (AvgIpc) is 3.25. The summed E-state index contributed by atoms with van der Waals surface area (Å²) in [6, 6.07) is 18.9. The van der Waals surface area contributed by atoms with Crippen LogP contribution in [-0.2, 0) is 13.0 Å². The van der Waals surface area contributed by atoms with Gasteiger partial charge in [-0.15, -0.1) is 0 Å². The lowest BCUT2D eigenvalue weighted by Gasteiger charge is -2.42. The molecule has 2 aromatic carbocycles. The molecule has 3 aromatic rings. The number of hydrogen-bond acceptors (Lipinski definition) is 3. The molecule has 0 saturated carbocycles. The lowest BCUT2D eigenvalue weighted by atomic mass is 9.75. The Morgan fingerprint density at radius 1 is 1.04 bits per heavy atom. The number of nitrogens with zero attached hydrogens (tertiary/aromatic N) is 1. The molecule has 1 N–H and O–H groups in total. The molecule has 0 aliphatic carbocycles. The number of likely N-dealkylation sites (tertiary alicyclic amines) is 1. The number of benzene rings is 2. The Morgan fingerprint density at radius 3 is 2.61 bits per heavy atom. The molecule has 0 radical (unpaired) electrons. The second kappa shape index (κ2) is 8.29. The first-order valence-corrected chi connectivity index (χ1v) is 9.87. The minimum atomic E-state index is -0.221. The van der Waals surface area contributed by atoms with E-state index in [1.54, 1.807) is 6.26 Å². The smallest absolute Gasteiger partial charge is 0.134 e. The quantitative estimate of drug-likeness (QED) is 0.662. The molecule has 4 rings (SSSR count). The molecule has 3 nitrogen and oxygen atoms in total. The van der Waals surface area contributed by atoms with Crippen LogP contribution in [-0.4, -0.2) is 29.7 Å². The molecule has 1 unspecified atom stereocenters. The lowest BCUT2D eigenvalue weighted by molar-refractivity contribution is 0.0289. The molecule has 1 aliphatic rings. The molecule has 2 heterocycles. The predicted octanol–water partition coefficient (Wildman–Crippen LogP) is 4.90. The fourth-order valence-corrected chi connectivity index (χ4v) is 4.38. The molecule has 1 aromatic heterocycles. The van der Waals surface area contributed by atoms with Crippen molar-refractivity contribution in [3.8, 4) is 11.3 Å². The normalized spacial score (nSPS) is 20.4. The average molecular weight is 379 g/mol. The van der Waals surface area contributed by atoms with Gasteiger partial charge in [0.1, 0.15) is 11.6 Å². The minimum Gasteiger partial charge on any atom is -0.464 e. The first kappa shape index (κ1) is 18.9.